The van der Waals surface area contributed by atoms with E-state index in [1.807, 2.05) is 44.2 Å². The number of aromatic hydroxyl groups is 1. The highest BCUT2D eigenvalue weighted by Gasteiger charge is 2.07. The van der Waals surface area contributed by atoms with Crippen molar-refractivity contribution >= 4 is 23.2 Å². The van der Waals surface area contributed by atoms with E-state index < -0.39 is 0 Å². The number of anilines is 2. The maximum atomic E-state index is 12.3. The topological polar surface area (TPSA) is 90.5 Å². The van der Waals surface area contributed by atoms with Gasteiger partial charge < -0.3 is 21.1 Å². The average molecular weight is 418 g/mol. The number of hydrogen-bond donors (Lipinski definition) is 4. The van der Waals surface area contributed by atoms with Crippen LogP contribution in [0.15, 0.2) is 66.7 Å². The van der Waals surface area contributed by atoms with Crippen LogP contribution in [0.3, 0.4) is 0 Å². The number of phenols is 1. The summed E-state index contributed by atoms with van der Waals surface area (Å²) in [7, 11) is 0. The second kappa shape index (κ2) is 10.3. The fraction of sp³-hybridized carbons (Fsp3) is 0.200. The molecule has 3 rings (SSSR count). The molecule has 31 heavy (non-hydrogen) atoms. The second-order valence-corrected chi connectivity index (χ2v) is 7.45. The van der Waals surface area contributed by atoms with Crippen LogP contribution in [0.2, 0.25) is 0 Å². The van der Waals surface area contributed by atoms with Gasteiger partial charge in [-0.25, -0.2) is 0 Å². The lowest BCUT2D eigenvalue weighted by molar-refractivity contribution is -0.114. The van der Waals surface area contributed by atoms with E-state index in [9.17, 15) is 14.7 Å². The zero-order chi connectivity index (χ0) is 22.2. The molecule has 0 bridgehead atoms. The second-order valence-electron chi connectivity index (χ2n) is 7.45. The minimum Gasteiger partial charge on any atom is -0.508 e. The highest BCUT2D eigenvalue weighted by Crippen LogP contribution is 2.14. The predicted octanol–water partition coefficient (Wildman–Crippen LogP) is 4.03. The molecule has 0 saturated heterocycles. The molecule has 0 radical (unpaired) electrons. The molecule has 4 N–H and O–H groups in total. The fourth-order valence-corrected chi connectivity index (χ4v) is 3.03. The van der Waals surface area contributed by atoms with Crippen LogP contribution in [0.5, 0.6) is 5.75 Å². The van der Waals surface area contributed by atoms with Crippen molar-refractivity contribution in [3.8, 4) is 5.75 Å². The number of carbonyl (C=O) groups is 2. The van der Waals surface area contributed by atoms with Crippen molar-refractivity contribution < 1.29 is 14.7 Å². The number of nitrogens with one attached hydrogen (secondary N) is 3. The normalized spacial score (nSPS) is 10.4. The zero-order valence-corrected chi connectivity index (χ0v) is 17.7. The molecule has 0 saturated carbocycles. The zero-order valence-electron chi connectivity index (χ0n) is 17.7. The van der Waals surface area contributed by atoms with Gasteiger partial charge in [0.1, 0.15) is 5.75 Å². The summed E-state index contributed by atoms with van der Waals surface area (Å²) in [5.41, 5.74) is 5.47. The molecule has 2 amide bonds. The molecule has 0 aliphatic carbocycles. The number of hydrogen-bond acceptors (Lipinski definition) is 4. The van der Waals surface area contributed by atoms with Gasteiger partial charge in [-0.2, -0.15) is 0 Å². The van der Waals surface area contributed by atoms with E-state index in [4.69, 9.17) is 0 Å². The molecule has 0 unspecified atom stereocenters. The molecular weight excluding hydrogens is 390 g/mol. The Morgan fingerprint density at radius 3 is 2.19 bits per heavy atom. The molecule has 0 heterocycles. The highest BCUT2D eigenvalue weighted by molar-refractivity contribution is 5.96. The lowest BCUT2D eigenvalue weighted by atomic mass is 10.1. The number of benzene rings is 3. The van der Waals surface area contributed by atoms with Gasteiger partial charge in [0.2, 0.25) is 5.91 Å². The van der Waals surface area contributed by atoms with Gasteiger partial charge in [0.25, 0.3) is 5.91 Å². The molecule has 0 spiro atoms. The number of amides is 2. The Kier molecular flexibility index (Phi) is 7.27. The first-order valence-corrected chi connectivity index (χ1v) is 10.2. The Labute approximate surface area is 182 Å². The Bertz CT molecular complexity index is 1040. The first-order chi connectivity index (χ1) is 14.9. The smallest absolute Gasteiger partial charge is 0.251 e. The van der Waals surface area contributed by atoms with Gasteiger partial charge in [-0.3, -0.25) is 9.59 Å². The van der Waals surface area contributed by atoms with Crippen LogP contribution in [0.4, 0.5) is 11.4 Å². The first kappa shape index (κ1) is 21.9. The number of carbonyl (C=O) groups excluding carboxylic acids is 2. The number of rotatable bonds is 8. The van der Waals surface area contributed by atoms with E-state index in [0.29, 0.717) is 24.2 Å². The third kappa shape index (κ3) is 6.60. The van der Waals surface area contributed by atoms with Crippen LogP contribution >= 0.6 is 0 Å². The Morgan fingerprint density at radius 1 is 0.839 bits per heavy atom. The average Bonchev–Trinajstić information content (AvgIpc) is 2.76. The van der Waals surface area contributed by atoms with E-state index in [2.05, 4.69) is 16.0 Å². The Morgan fingerprint density at radius 2 is 1.52 bits per heavy atom. The van der Waals surface area contributed by atoms with Crippen molar-refractivity contribution in [2.45, 2.75) is 20.3 Å². The maximum Gasteiger partial charge on any atom is 0.251 e. The van der Waals surface area contributed by atoms with Crippen molar-refractivity contribution in [3.05, 3.63) is 89.0 Å². The van der Waals surface area contributed by atoms with Crippen LogP contribution < -0.4 is 16.0 Å². The van der Waals surface area contributed by atoms with Crippen LogP contribution in [0.1, 0.15) is 27.0 Å². The maximum absolute atomic E-state index is 12.3. The van der Waals surface area contributed by atoms with Crippen molar-refractivity contribution in [2.75, 3.05) is 23.7 Å². The van der Waals surface area contributed by atoms with E-state index in [1.54, 1.807) is 36.4 Å². The summed E-state index contributed by atoms with van der Waals surface area (Å²) in [6, 6.07) is 19.7. The van der Waals surface area contributed by atoms with Crippen molar-refractivity contribution in [1.29, 1.82) is 0 Å². The molecule has 0 aliphatic heterocycles. The minimum atomic E-state index is -0.173. The third-order valence-electron chi connectivity index (χ3n) is 5.03. The lowest BCUT2D eigenvalue weighted by Crippen LogP contribution is -2.25. The van der Waals surface area contributed by atoms with E-state index in [0.717, 1.165) is 11.3 Å². The summed E-state index contributed by atoms with van der Waals surface area (Å²) in [6.45, 7) is 4.73. The van der Waals surface area contributed by atoms with E-state index >= 15 is 0 Å². The predicted molar refractivity (Wildman–Crippen MR) is 124 cm³/mol. The lowest BCUT2D eigenvalue weighted by Gasteiger charge is -2.10. The molecule has 3 aromatic carbocycles. The highest BCUT2D eigenvalue weighted by atomic mass is 16.3. The summed E-state index contributed by atoms with van der Waals surface area (Å²) < 4.78 is 0. The molecule has 6 nitrogen and oxygen atoms in total. The fourth-order valence-electron chi connectivity index (χ4n) is 3.03. The standard InChI is InChI=1S/C25H27N3O3/c1-17-3-8-22(15-18(17)2)27-16-24(30)28-21-9-6-20(7-10-21)25(31)26-14-13-19-4-11-23(29)12-5-19/h3-12,15,27,29H,13-14,16H2,1-2H3,(H,26,31)(H,28,30). The van der Waals surface area contributed by atoms with Crippen LogP contribution in [-0.2, 0) is 11.2 Å². The van der Waals surface area contributed by atoms with Gasteiger partial charge in [-0.1, -0.05) is 18.2 Å². The third-order valence-corrected chi connectivity index (χ3v) is 5.03. The SMILES string of the molecule is Cc1ccc(NCC(=O)Nc2ccc(C(=O)NCCc3ccc(O)cc3)cc2)cc1C. The number of phenolic OH excluding ortho intramolecular Hbond substituents is 1. The molecule has 0 fully saturated rings. The van der Waals surface area contributed by atoms with Crippen molar-refractivity contribution in [1.82, 2.24) is 5.32 Å². The van der Waals surface area contributed by atoms with Crippen molar-refractivity contribution in [3.63, 3.8) is 0 Å². The first-order valence-electron chi connectivity index (χ1n) is 10.2. The number of aryl methyl sites for hydroxylation is 2. The summed E-state index contributed by atoms with van der Waals surface area (Å²) in [5, 5.41) is 18.1. The molecule has 3 aromatic rings. The molecule has 0 atom stereocenters. The molecular formula is C25H27N3O3. The summed E-state index contributed by atoms with van der Waals surface area (Å²) in [4.78, 5) is 24.5. The van der Waals surface area contributed by atoms with Gasteiger partial charge in [-0.05, 0) is 85.5 Å². The largest absolute Gasteiger partial charge is 0.508 e. The van der Waals surface area contributed by atoms with Gasteiger partial charge in [0.05, 0.1) is 6.54 Å². The van der Waals surface area contributed by atoms with Gasteiger partial charge in [-0.15, -0.1) is 0 Å². The monoisotopic (exact) mass is 417 g/mol. The van der Waals surface area contributed by atoms with Crippen LogP contribution in [-0.4, -0.2) is 30.0 Å². The van der Waals surface area contributed by atoms with Gasteiger partial charge >= 0.3 is 0 Å². The van der Waals surface area contributed by atoms with E-state index in [-0.39, 0.29) is 24.1 Å². The van der Waals surface area contributed by atoms with Gasteiger partial charge in [0, 0.05) is 23.5 Å². The molecule has 160 valence electrons. The molecule has 0 aromatic heterocycles. The van der Waals surface area contributed by atoms with Crippen molar-refractivity contribution in [2.24, 2.45) is 0 Å². The summed E-state index contributed by atoms with van der Waals surface area (Å²) in [5.74, 6) is -0.113. The Balaban J connectivity index is 1.44. The van der Waals surface area contributed by atoms with Crippen LogP contribution in [0.25, 0.3) is 0 Å². The minimum absolute atomic E-state index is 0.155. The summed E-state index contributed by atoms with van der Waals surface area (Å²) in [6.07, 6.45) is 0.674. The van der Waals surface area contributed by atoms with Gasteiger partial charge in [0.15, 0.2) is 0 Å². The molecule has 6 heteroatoms. The Hall–Kier alpha value is -3.80. The van der Waals surface area contributed by atoms with Crippen LogP contribution in [0, 0.1) is 13.8 Å². The van der Waals surface area contributed by atoms with E-state index in [1.165, 1.54) is 11.1 Å². The molecule has 0 aliphatic rings. The quantitative estimate of drug-likeness (QED) is 0.445. The summed E-state index contributed by atoms with van der Waals surface area (Å²) >= 11 is 0.